The van der Waals surface area contributed by atoms with Crippen molar-refractivity contribution >= 4 is 17.2 Å². The number of amides is 1. The first kappa shape index (κ1) is 15.6. The van der Waals surface area contributed by atoms with Crippen LogP contribution in [0, 0.1) is 0 Å². The van der Waals surface area contributed by atoms with Gasteiger partial charge in [0.15, 0.2) is 0 Å². The van der Waals surface area contributed by atoms with Crippen molar-refractivity contribution in [1.29, 1.82) is 0 Å². The molecule has 0 aliphatic carbocycles. The van der Waals surface area contributed by atoms with Gasteiger partial charge in [0.25, 0.3) is 5.91 Å². The average molecular weight is 305 g/mol. The van der Waals surface area contributed by atoms with Crippen LogP contribution in [0.15, 0.2) is 35.7 Å². The van der Waals surface area contributed by atoms with Crippen LogP contribution in [-0.4, -0.2) is 35.2 Å². The Labute approximate surface area is 127 Å². The smallest absolute Gasteiger partial charge is 0.271 e. The van der Waals surface area contributed by atoms with Crippen molar-refractivity contribution < 1.29 is 9.90 Å². The fourth-order valence-electron chi connectivity index (χ4n) is 1.97. The standard InChI is InChI=1S/C15H19N3O2S/c16-7-6-14-18-13(10-21-14)15(20)17-12(9-19)8-11-4-2-1-3-5-11/h1-5,10,12,19H,6-9,16H2,(H,17,20)/t12-/m1/s1. The number of thiazole rings is 1. The quantitative estimate of drug-likeness (QED) is 0.711. The molecule has 1 aromatic heterocycles. The molecule has 4 N–H and O–H groups in total. The third kappa shape index (κ3) is 4.63. The van der Waals surface area contributed by atoms with E-state index in [0.717, 1.165) is 10.6 Å². The summed E-state index contributed by atoms with van der Waals surface area (Å²) in [6.45, 7) is 0.405. The normalized spacial score (nSPS) is 12.1. The lowest BCUT2D eigenvalue weighted by Crippen LogP contribution is -2.39. The van der Waals surface area contributed by atoms with Crippen LogP contribution in [0.5, 0.6) is 0 Å². The van der Waals surface area contributed by atoms with E-state index in [0.29, 0.717) is 25.1 Å². The molecule has 5 nitrogen and oxygen atoms in total. The molecule has 0 unspecified atom stereocenters. The molecule has 0 aliphatic heterocycles. The predicted molar refractivity (Wildman–Crippen MR) is 83.4 cm³/mol. The van der Waals surface area contributed by atoms with Crippen molar-refractivity contribution in [2.75, 3.05) is 13.2 Å². The molecule has 2 aromatic rings. The molecule has 0 aliphatic rings. The lowest BCUT2D eigenvalue weighted by Gasteiger charge is -2.15. The Kier molecular flexibility index (Phi) is 5.86. The number of nitrogens with one attached hydrogen (secondary N) is 1. The first-order chi connectivity index (χ1) is 10.2. The van der Waals surface area contributed by atoms with Crippen molar-refractivity contribution in [3.8, 4) is 0 Å². The Balaban J connectivity index is 1.95. The molecule has 21 heavy (non-hydrogen) atoms. The van der Waals surface area contributed by atoms with E-state index in [9.17, 15) is 9.90 Å². The number of nitrogens with zero attached hydrogens (tertiary/aromatic N) is 1. The molecule has 112 valence electrons. The summed E-state index contributed by atoms with van der Waals surface area (Å²) in [5, 5.41) is 14.8. The van der Waals surface area contributed by atoms with Crippen molar-refractivity contribution in [1.82, 2.24) is 10.3 Å². The summed E-state index contributed by atoms with van der Waals surface area (Å²) in [4.78, 5) is 16.4. The van der Waals surface area contributed by atoms with Gasteiger partial charge in [-0.3, -0.25) is 4.79 Å². The fourth-order valence-corrected chi connectivity index (χ4v) is 2.77. The van der Waals surface area contributed by atoms with E-state index in [1.165, 1.54) is 11.3 Å². The fraction of sp³-hybridized carbons (Fsp3) is 0.333. The van der Waals surface area contributed by atoms with Crippen molar-refractivity contribution in [2.24, 2.45) is 5.73 Å². The zero-order chi connectivity index (χ0) is 15.1. The van der Waals surface area contributed by atoms with Crippen LogP contribution in [0.1, 0.15) is 21.1 Å². The molecule has 0 fully saturated rings. The van der Waals surface area contributed by atoms with Gasteiger partial charge in [-0.15, -0.1) is 11.3 Å². The van der Waals surface area contributed by atoms with E-state index in [1.54, 1.807) is 5.38 Å². The Morgan fingerprint density at radius 2 is 2.14 bits per heavy atom. The highest BCUT2D eigenvalue weighted by atomic mass is 32.1. The lowest BCUT2D eigenvalue weighted by molar-refractivity contribution is 0.0912. The minimum atomic E-state index is -0.320. The number of carbonyl (C=O) groups excluding carboxylic acids is 1. The van der Waals surface area contributed by atoms with Gasteiger partial charge in [-0.2, -0.15) is 0 Å². The van der Waals surface area contributed by atoms with Gasteiger partial charge in [-0.25, -0.2) is 4.98 Å². The maximum Gasteiger partial charge on any atom is 0.271 e. The van der Waals surface area contributed by atoms with Crippen LogP contribution in [0.3, 0.4) is 0 Å². The van der Waals surface area contributed by atoms with Crippen LogP contribution in [0.25, 0.3) is 0 Å². The first-order valence-electron chi connectivity index (χ1n) is 6.83. The zero-order valence-corrected chi connectivity index (χ0v) is 12.5. The number of aromatic nitrogens is 1. The molecule has 0 bridgehead atoms. The van der Waals surface area contributed by atoms with Gasteiger partial charge >= 0.3 is 0 Å². The van der Waals surface area contributed by atoms with E-state index in [2.05, 4.69) is 10.3 Å². The van der Waals surface area contributed by atoms with Gasteiger partial charge in [-0.1, -0.05) is 30.3 Å². The number of aliphatic hydroxyl groups is 1. The third-order valence-corrected chi connectivity index (χ3v) is 3.93. The Bertz CT molecular complexity index is 571. The van der Waals surface area contributed by atoms with Crippen molar-refractivity contribution in [3.05, 3.63) is 52.0 Å². The third-order valence-electron chi connectivity index (χ3n) is 3.02. The number of benzene rings is 1. The molecular formula is C15H19N3O2S. The van der Waals surface area contributed by atoms with Gasteiger partial charge in [-0.05, 0) is 18.5 Å². The van der Waals surface area contributed by atoms with E-state index < -0.39 is 0 Å². The lowest BCUT2D eigenvalue weighted by atomic mass is 10.1. The summed E-state index contributed by atoms with van der Waals surface area (Å²) < 4.78 is 0. The minimum absolute atomic E-state index is 0.111. The van der Waals surface area contributed by atoms with Gasteiger partial charge < -0.3 is 16.2 Å². The Morgan fingerprint density at radius 3 is 2.81 bits per heavy atom. The summed E-state index contributed by atoms with van der Waals surface area (Å²) in [5.74, 6) is -0.260. The summed E-state index contributed by atoms with van der Waals surface area (Å²) >= 11 is 1.43. The number of carbonyl (C=O) groups is 1. The highest BCUT2D eigenvalue weighted by Crippen LogP contribution is 2.10. The number of rotatable bonds is 7. The van der Waals surface area contributed by atoms with Gasteiger partial charge in [0.2, 0.25) is 0 Å². The Hall–Kier alpha value is -1.76. The van der Waals surface area contributed by atoms with Gasteiger partial charge in [0, 0.05) is 11.8 Å². The largest absolute Gasteiger partial charge is 0.394 e. The van der Waals surface area contributed by atoms with E-state index in [4.69, 9.17) is 5.73 Å². The monoisotopic (exact) mass is 305 g/mol. The van der Waals surface area contributed by atoms with Crippen LogP contribution >= 0.6 is 11.3 Å². The second-order valence-electron chi connectivity index (χ2n) is 4.71. The summed E-state index contributed by atoms with van der Waals surface area (Å²) in [5.41, 5.74) is 6.92. The molecule has 1 aromatic carbocycles. The molecule has 0 saturated carbocycles. The van der Waals surface area contributed by atoms with E-state index >= 15 is 0 Å². The van der Waals surface area contributed by atoms with Crippen LogP contribution in [0.4, 0.5) is 0 Å². The van der Waals surface area contributed by atoms with Crippen LogP contribution in [0.2, 0.25) is 0 Å². The summed E-state index contributed by atoms with van der Waals surface area (Å²) in [7, 11) is 0. The molecule has 1 amide bonds. The molecule has 0 spiro atoms. The second-order valence-corrected chi connectivity index (χ2v) is 5.65. The van der Waals surface area contributed by atoms with E-state index in [-0.39, 0.29) is 18.6 Å². The molecule has 0 radical (unpaired) electrons. The van der Waals surface area contributed by atoms with Gasteiger partial charge in [0.05, 0.1) is 17.7 Å². The predicted octanol–water partition coefficient (Wildman–Crippen LogP) is 0.978. The van der Waals surface area contributed by atoms with Crippen molar-refractivity contribution in [3.63, 3.8) is 0 Å². The molecule has 2 rings (SSSR count). The van der Waals surface area contributed by atoms with E-state index in [1.807, 2.05) is 30.3 Å². The Morgan fingerprint density at radius 1 is 1.38 bits per heavy atom. The SMILES string of the molecule is NCCc1nc(C(=O)N[C@@H](CO)Cc2ccccc2)cs1. The van der Waals surface area contributed by atoms with Crippen LogP contribution in [-0.2, 0) is 12.8 Å². The maximum absolute atomic E-state index is 12.1. The number of hydrogen-bond donors (Lipinski definition) is 3. The summed E-state index contributed by atoms with van der Waals surface area (Å²) in [6.07, 6.45) is 1.26. The summed E-state index contributed by atoms with van der Waals surface area (Å²) in [6, 6.07) is 9.42. The molecule has 0 saturated heterocycles. The molecule has 1 heterocycles. The molecule has 6 heteroatoms. The second kappa shape index (κ2) is 7.87. The highest BCUT2D eigenvalue weighted by molar-refractivity contribution is 7.09. The van der Waals surface area contributed by atoms with Gasteiger partial charge in [0.1, 0.15) is 5.69 Å². The molecular weight excluding hydrogens is 286 g/mol. The maximum atomic E-state index is 12.1. The highest BCUT2D eigenvalue weighted by Gasteiger charge is 2.16. The number of hydrogen-bond acceptors (Lipinski definition) is 5. The number of nitrogens with two attached hydrogens (primary N) is 1. The first-order valence-corrected chi connectivity index (χ1v) is 7.71. The topological polar surface area (TPSA) is 88.2 Å². The zero-order valence-electron chi connectivity index (χ0n) is 11.7. The number of aliphatic hydroxyl groups excluding tert-OH is 1. The van der Waals surface area contributed by atoms with Crippen molar-refractivity contribution in [2.45, 2.75) is 18.9 Å². The van der Waals surface area contributed by atoms with Crippen LogP contribution < -0.4 is 11.1 Å². The minimum Gasteiger partial charge on any atom is -0.394 e. The molecule has 1 atom stereocenters. The average Bonchev–Trinajstić information content (AvgIpc) is 2.97.